The van der Waals surface area contributed by atoms with E-state index in [1.54, 1.807) is 0 Å². The Balaban J connectivity index is 2.53. The van der Waals surface area contributed by atoms with Gasteiger partial charge in [-0.3, -0.25) is 0 Å². The number of nitrogens with one attached hydrogen (secondary N) is 1. The van der Waals surface area contributed by atoms with Crippen molar-refractivity contribution in [2.45, 2.75) is 46.1 Å². The number of rotatable bonds is 10. The van der Waals surface area contributed by atoms with E-state index in [1.807, 2.05) is 0 Å². The number of aliphatic hydroxyl groups is 1. The maximum absolute atomic E-state index is 9.03. The van der Waals surface area contributed by atoms with Crippen molar-refractivity contribution in [1.82, 2.24) is 10.2 Å². The van der Waals surface area contributed by atoms with Crippen molar-refractivity contribution < 1.29 is 9.84 Å². The molecule has 0 aromatic carbocycles. The molecule has 1 rings (SSSR count). The monoisotopic (exact) mass is 272 g/mol. The Morgan fingerprint density at radius 2 is 2.21 bits per heavy atom. The van der Waals surface area contributed by atoms with Crippen molar-refractivity contribution in [1.29, 1.82) is 0 Å². The van der Waals surface area contributed by atoms with E-state index < -0.39 is 0 Å². The van der Waals surface area contributed by atoms with Crippen LogP contribution in [0.2, 0.25) is 0 Å². The van der Waals surface area contributed by atoms with Crippen LogP contribution in [0, 0.1) is 5.41 Å². The Hall–Kier alpha value is -0.160. The maximum Gasteiger partial charge on any atom is 0.0547 e. The third-order valence-electron chi connectivity index (χ3n) is 3.98. The molecule has 4 heteroatoms. The van der Waals surface area contributed by atoms with Gasteiger partial charge in [-0.15, -0.1) is 0 Å². The molecule has 114 valence electrons. The molecule has 0 saturated carbocycles. The average molecular weight is 272 g/mol. The summed E-state index contributed by atoms with van der Waals surface area (Å²) < 4.78 is 5.66. The predicted octanol–water partition coefficient (Wildman–Crippen LogP) is 1.49. The molecule has 1 heterocycles. The summed E-state index contributed by atoms with van der Waals surface area (Å²) in [6.07, 6.45) is 3.18. The molecular weight excluding hydrogens is 240 g/mol. The molecule has 19 heavy (non-hydrogen) atoms. The molecule has 0 aromatic rings. The normalized spacial score (nSPS) is 23.7. The molecule has 1 saturated heterocycles. The Bertz CT molecular complexity index is 228. The van der Waals surface area contributed by atoms with E-state index in [9.17, 15) is 0 Å². The van der Waals surface area contributed by atoms with Gasteiger partial charge < -0.3 is 20.1 Å². The highest BCUT2D eigenvalue weighted by Gasteiger charge is 2.36. The highest BCUT2D eigenvalue weighted by molar-refractivity contribution is 4.89. The van der Waals surface area contributed by atoms with Crippen molar-refractivity contribution in [3.8, 4) is 0 Å². The molecule has 1 aliphatic rings. The van der Waals surface area contributed by atoms with Crippen molar-refractivity contribution in [3.05, 3.63) is 0 Å². The summed E-state index contributed by atoms with van der Waals surface area (Å²) >= 11 is 0. The summed E-state index contributed by atoms with van der Waals surface area (Å²) in [5, 5.41) is 12.6. The van der Waals surface area contributed by atoms with Gasteiger partial charge >= 0.3 is 0 Å². The fraction of sp³-hybridized carbons (Fsp3) is 1.00. The van der Waals surface area contributed by atoms with Crippen molar-refractivity contribution in [2.75, 3.05) is 46.0 Å². The van der Waals surface area contributed by atoms with Crippen LogP contribution in [0.4, 0.5) is 0 Å². The first-order valence-electron chi connectivity index (χ1n) is 7.77. The van der Waals surface area contributed by atoms with Crippen molar-refractivity contribution in [3.63, 3.8) is 0 Å². The summed E-state index contributed by atoms with van der Waals surface area (Å²) in [6, 6.07) is 0.523. The number of hydrogen-bond donors (Lipinski definition) is 2. The fourth-order valence-electron chi connectivity index (χ4n) is 2.72. The van der Waals surface area contributed by atoms with E-state index in [-0.39, 0.29) is 12.0 Å². The Morgan fingerprint density at radius 1 is 1.42 bits per heavy atom. The van der Waals surface area contributed by atoms with E-state index in [0.29, 0.717) is 6.04 Å². The quantitative estimate of drug-likeness (QED) is 0.591. The van der Waals surface area contributed by atoms with Gasteiger partial charge in [-0.25, -0.2) is 0 Å². The average Bonchev–Trinajstić information content (AvgIpc) is 2.83. The molecule has 1 unspecified atom stereocenters. The van der Waals surface area contributed by atoms with Crippen molar-refractivity contribution in [2.24, 2.45) is 5.41 Å². The zero-order chi connectivity index (χ0) is 14.1. The summed E-state index contributed by atoms with van der Waals surface area (Å²) in [5.41, 5.74) is 0.259. The Labute approximate surface area is 118 Å². The van der Waals surface area contributed by atoms with Crippen LogP contribution in [0.1, 0.15) is 40.0 Å². The van der Waals surface area contributed by atoms with E-state index in [1.165, 1.54) is 6.42 Å². The predicted molar refractivity (Wildman–Crippen MR) is 79.4 cm³/mol. The lowest BCUT2D eigenvalue weighted by Crippen LogP contribution is -2.47. The largest absolute Gasteiger partial charge is 0.396 e. The summed E-state index contributed by atoms with van der Waals surface area (Å²) in [4.78, 5) is 2.48. The zero-order valence-electron chi connectivity index (χ0n) is 13.0. The van der Waals surface area contributed by atoms with E-state index >= 15 is 0 Å². The first-order chi connectivity index (χ1) is 9.13. The molecule has 0 bridgehead atoms. The second-order valence-corrected chi connectivity index (χ2v) is 6.12. The van der Waals surface area contributed by atoms with Gasteiger partial charge in [-0.2, -0.15) is 0 Å². The summed E-state index contributed by atoms with van der Waals surface area (Å²) in [7, 11) is 0. The van der Waals surface area contributed by atoms with Crippen LogP contribution in [0.3, 0.4) is 0 Å². The third kappa shape index (κ3) is 5.78. The first kappa shape index (κ1) is 16.9. The molecular formula is C15H32N2O2. The van der Waals surface area contributed by atoms with Crippen LogP contribution >= 0.6 is 0 Å². The van der Waals surface area contributed by atoms with Crippen molar-refractivity contribution >= 4 is 0 Å². The molecule has 0 amide bonds. The van der Waals surface area contributed by atoms with Gasteiger partial charge in [0.15, 0.2) is 0 Å². The van der Waals surface area contributed by atoms with Crippen LogP contribution in [0.5, 0.6) is 0 Å². The first-order valence-corrected chi connectivity index (χ1v) is 7.77. The molecule has 2 N–H and O–H groups in total. The third-order valence-corrected chi connectivity index (χ3v) is 3.98. The lowest BCUT2D eigenvalue weighted by atomic mass is 9.86. The van der Waals surface area contributed by atoms with Crippen LogP contribution in [0.15, 0.2) is 0 Å². The minimum Gasteiger partial charge on any atom is -0.396 e. The van der Waals surface area contributed by atoms with E-state index in [4.69, 9.17) is 9.84 Å². The van der Waals surface area contributed by atoms with Gasteiger partial charge in [-0.05, 0) is 39.7 Å². The van der Waals surface area contributed by atoms with E-state index in [2.05, 4.69) is 31.0 Å². The minimum absolute atomic E-state index is 0.259. The number of aliphatic hydroxyl groups excluding tert-OH is 1. The van der Waals surface area contributed by atoms with Gasteiger partial charge in [0.05, 0.1) is 6.61 Å². The number of hydrogen-bond acceptors (Lipinski definition) is 4. The molecule has 0 aromatic heterocycles. The molecule has 0 aliphatic carbocycles. The highest BCUT2D eigenvalue weighted by atomic mass is 16.5. The van der Waals surface area contributed by atoms with Gasteiger partial charge in [0, 0.05) is 44.3 Å². The number of nitrogens with zero attached hydrogens (tertiary/aromatic N) is 1. The van der Waals surface area contributed by atoms with Crippen LogP contribution in [0.25, 0.3) is 0 Å². The van der Waals surface area contributed by atoms with Gasteiger partial charge in [0.1, 0.15) is 0 Å². The minimum atomic E-state index is 0.259. The van der Waals surface area contributed by atoms with Crippen LogP contribution in [-0.2, 0) is 4.74 Å². The van der Waals surface area contributed by atoms with E-state index in [0.717, 1.165) is 52.2 Å². The topological polar surface area (TPSA) is 44.7 Å². The molecule has 1 aliphatic heterocycles. The fourth-order valence-corrected chi connectivity index (χ4v) is 2.72. The van der Waals surface area contributed by atoms with Gasteiger partial charge in [0.25, 0.3) is 0 Å². The molecule has 0 radical (unpaired) electrons. The zero-order valence-corrected chi connectivity index (χ0v) is 13.0. The second-order valence-electron chi connectivity index (χ2n) is 6.12. The van der Waals surface area contributed by atoms with Crippen LogP contribution in [-0.4, -0.2) is 62.0 Å². The smallest absolute Gasteiger partial charge is 0.0547 e. The lowest BCUT2D eigenvalue weighted by Gasteiger charge is -2.36. The highest BCUT2D eigenvalue weighted by Crippen LogP contribution is 2.29. The molecule has 4 nitrogen and oxygen atoms in total. The van der Waals surface area contributed by atoms with Gasteiger partial charge in [0.2, 0.25) is 0 Å². The summed E-state index contributed by atoms with van der Waals surface area (Å²) in [5.74, 6) is 0. The Kier molecular flexibility index (Phi) is 7.91. The molecule has 1 atom stereocenters. The molecule has 1 fully saturated rings. The standard InChI is InChI=1S/C15H32N2O2/c1-4-7-16-11-15(6-10-19-13-15)12-17(14(2)3)8-5-9-18/h14,16,18H,4-13H2,1-3H3. The maximum atomic E-state index is 9.03. The Morgan fingerprint density at radius 3 is 2.74 bits per heavy atom. The molecule has 0 spiro atoms. The SMILES string of the molecule is CCCNCC1(CN(CCCO)C(C)C)CCOC1. The van der Waals surface area contributed by atoms with Crippen LogP contribution < -0.4 is 5.32 Å². The van der Waals surface area contributed by atoms with Gasteiger partial charge in [-0.1, -0.05) is 6.92 Å². The second kappa shape index (κ2) is 8.90. The number of ether oxygens (including phenoxy) is 1. The lowest BCUT2D eigenvalue weighted by molar-refractivity contribution is 0.0883. The summed E-state index contributed by atoms with van der Waals surface area (Å²) in [6.45, 7) is 12.9.